The van der Waals surface area contributed by atoms with Gasteiger partial charge in [-0.15, -0.1) is 0 Å². The van der Waals surface area contributed by atoms with Gasteiger partial charge in [-0.1, -0.05) is 39.8 Å². The molecule has 0 N–H and O–H groups in total. The maximum absolute atomic E-state index is 5.61. The summed E-state index contributed by atoms with van der Waals surface area (Å²) in [7, 11) is 0. The number of para-hydroxylation sites is 2. The van der Waals surface area contributed by atoms with Crippen LogP contribution in [0.2, 0.25) is 0 Å². The molecular weight excluding hydrogens is 274 g/mol. The Bertz CT molecular complexity index is 659. The molecule has 0 saturated carbocycles. The Hall–Kier alpha value is -2.23. The van der Waals surface area contributed by atoms with E-state index in [4.69, 9.17) is 4.42 Å². The molecule has 4 heteroatoms. The summed E-state index contributed by atoms with van der Waals surface area (Å²) in [6.45, 7) is 8.54. The summed E-state index contributed by atoms with van der Waals surface area (Å²) < 4.78 is 5.61. The minimum absolute atomic E-state index is 0.410. The van der Waals surface area contributed by atoms with Gasteiger partial charge in [0.2, 0.25) is 0 Å². The van der Waals surface area contributed by atoms with Gasteiger partial charge in [0.05, 0.1) is 6.20 Å². The van der Waals surface area contributed by atoms with Crippen molar-refractivity contribution in [1.29, 1.82) is 0 Å². The van der Waals surface area contributed by atoms with Crippen molar-refractivity contribution >= 4 is 11.1 Å². The summed E-state index contributed by atoms with van der Waals surface area (Å²) in [5, 5.41) is 7.43. The van der Waals surface area contributed by atoms with Gasteiger partial charge in [0.1, 0.15) is 5.52 Å². The molecule has 0 aliphatic rings. The highest BCUT2D eigenvalue weighted by Gasteiger charge is 2.10. The van der Waals surface area contributed by atoms with Gasteiger partial charge in [0.25, 0.3) is 0 Å². The smallest absolute Gasteiger partial charge is 0.198 e. The zero-order chi connectivity index (χ0) is 15.9. The van der Waals surface area contributed by atoms with Gasteiger partial charge in [-0.2, -0.15) is 10.2 Å². The average Bonchev–Trinajstić information content (AvgIpc) is 2.99. The van der Waals surface area contributed by atoms with Crippen LogP contribution in [0.1, 0.15) is 57.4 Å². The van der Waals surface area contributed by atoms with E-state index in [9.17, 15) is 0 Å². The van der Waals surface area contributed by atoms with E-state index in [0.717, 1.165) is 23.4 Å². The standard InChI is InChI=1S/C11H13NO.C7H10N2/c1-3-8(2)11-12-9-6-4-5-7-10(9)13-11;1-6(2)7-3-4-8-9-5-7/h4-8H,3H2,1-2H3;3-6H,1-2H3. The van der Waals surface area contributed by atoms with Gasteiger partial charge in [-0.25, -0.2) is 4.98 Å². The van der Waals surface area contributed by atoms with Crippen LogP contribution in [-0.2, 0) is 0 Å². The monoisotopic (exact) mass is 297 g/mol. The lowest BCUT2D eigenvalue weighted by Crippen LogP contribution is -1.89. The Morgan fingerprint density at radius 1 is 1.05 bits per heavy atom. The number of rotatable bonds is 3. The summed E-state index contributed by atoms with van der Waals surface area (Å²) in [5.74, 6) is 1.82. The lowest BCUT2D eigenvalue weighted by molar-refractivity contribution is 0.479. The molecule has 22 heavy (non-hydrogen) atoms. The third kappa shape index (κ3) is 4.13. The minimum Gasteiger partial charge on any atom is -0.440 e. The van der Waals surface area contributed by atoms with E-state index in [1.54, 1.807) is 12.4 Å². The number of hydrogen-bond acceptors (Lipinski definition) is 4. The van der Waals surface area contributed by atoms with Crippen molar-refractivity contribution in [3.63, 3.8) is 0 Å². The van der Waals surface area contributed by atoms with Crippen LogP contribution in [0, 0.1) is 0 Å². The Morgan fingerprint density at radius 2 is 1.82 bits per heavy atom. The van der Waals surface area contributed by atoms with E-state index in [1.165, 1.54) is 5.56 Å². The normalized spacial score (nSPS) is 12.0. The van der Waals surface area contributed by atoms with Crippen LogP contribution < -0.4 is 0 Å². The molecule has 3 rings (SSSR count). The summed E-state index contributed by atoms with van der Waals surface area (Å²) in [4.78, 5) is 4.42. The molecule has 1 unspecified atom stereocenters. The van der Waals surface area contributed by atoms with Crippen LogP contribution in [0.4, 0.5) is 0 Å². The zero-order valence-corrected chi connectivity index (χ0v) is 13.7. The number of oxazole rings is 1. The van der Waals surface area contributed by atoms with Crippen molar-refractivity contribution in [3.8, 4) is 0 Å². The van der Waals surface area contributed by atoms with E-state index in [-0.39, 0.29) is 0 Å². The molecule has 0 amide bonds. The van der Waals surface area contributed by atoms with E-state index in [1.807, 2.05) is 30.3 Å². The third-order valence-electron chi connectivity index (χ3n) is 3.62. The van der Waals surface area contributed by atoms with Crippen molar-refractivity contribution < 1.29 is 4.42 Å². The lowest BCUT2D eigenvalue weighted by Gasteiger charge is -2.00. The fourth-order valence-electron chi connectivity index (χ4n) is 1.92. The molecule has 2 heterocycles. The SMILES string of the molecule is CC(C)c1ccnnc1.CCC(C)c1nc2ccccc2o1. The first kappa shape index (κ1) is 16.1. The van der Waals surface area contributed by atoms with E-state index in [2.05, 4.69) is 42.9 Å². The topological polar surface area (TPSA) is 51.8 Å². The maximum Gasteiger partial charge on any atom is 0.198 e. The molecular formula is C18H23N3O. The molecule has 0 bridgehead atoms. The maximum atomic E-state index is 5.61. The summed E-state index contributed by atoms with van der Waals surface area (Å²) in [6, 6.07) is 9.86. The quantitative estimate of drug-likeness (QED) is 0.687. The fourth-order valence-corrected chi connectivity index (χ4v) is 1.92. The van der Waals surface area contributed by atoms with Gasteiger partial charge in [0.15, 0.2) is 11.5 Å². The molecule has 2 aromatic heterocycles. The Labute approximate surface area is 131 Å². The van der Waals surface area contributed by atoms with Crippen LogP contribution >= 0.6 is 0 Å². The highest BCUT2D eigenvalue weighted by molar-refractivity contribution is 5.72. The number of aromatic nitrogens is 3. The molecule has 1 aromatic carbocycles. The first-order valence-corrected chi connectivity index (χ1v) is 7.73. The molecule has 0 fully saturated rings. The summed E-state index contributed by atoms with van der Waals surface area (Å²) in [5.41, 5.74) is 3.08. The molecule has 0 spiro atoms. The van der Waals surface area contributed by atoms with Crippen molar-refractivity contribution in [1.82, 2.24) is 15.2 Å². The van der Waals surface area contributed by atoms with Gasteiger partial charge in [0, 0.05) is 12.1 Å². The third-order valence-corrected chi connectivity index (χ3v) is 3.62. The van der Waals surface area contributed by atoms with Crippen LogP contribution in [0.25, 0.3) is 11.1 Å². The summed E-state index contributed by atoms with van der Waals surface area (Å²) >= 11 is 0. The number of fused-ring (bicyclic) bond motifs is 1. The molecule has 3 aromatic rings. The molecule has 0 saturated heterocycles. The van der Waals surface area contributed by atoms with Gasteiger partial charge < -0.3 is 4.42 Å². The molecule has 0 aliphatic carbocycles. The highest BCUT2D eigenvalue weighted by atomic mass is 16.3. The Balaban J connectivity index is 0.000000172. The van der Waals surface area contributed by atoms with E-state index >= 15 is 0 Å². The first-order chi connectivity index (χ1) is 10.6. The summed E-state index contributed by atoms with van der Waals surface area (Å²) in [6.07, 6.45) is 4.58. The molecule has 0 radical (unpaired) electrons. The van der Waals surface area contributed by atoms with Crippen LogP contribution in [0.3, 0.4) is 0 Å². The van der Waals surface area contributed by atoms with Gasteiger partial charge in [-0.05, 0) is 36.1 Å². The number of benzene rings is 1. The van der Waals surface area contributed by atoms with Crippen molar-refractivity contribution in [3.05, 3.63) is 54.2 Å². The zero-order valence-electron chi connectivity index (χ0n) is 13.7. The molecule has 0 aliphatic heterocycles. The highest BCUT2D eigenvalue weighted by Crippen LogP contribution is 2.22. The first-order valence-electron chi connectivity index (χ1n) is 7.73. The average molecular weight is 297 g/mol. The van der Waals surface area contributed by atoms with E-state index < -0.39 is 0 Å². The Kier molecular flexibility index (Phi) is 5.64. The van der Waals surface area contributed by atoms with Crippen LogP contribution in [-0.4, -0.2) is 15.2 Å². The van der Waals surface area contributed by atoms with E-state index in [0.29, 0.717) is 11.8 Å². The van der Waals surface area contributed by atoms with Crippen molar-refractivity contribution in [2.75, 3.05) is 0 Å². The van der Waals surface area contributed by atoms with Gasteiger partial charge in [-0.3, -0.25) is 0 Å². The second-order valence-electron chi connectivity index (χ2n) is 5.66. The second-order valence-corrected chi connectivity index (χ2v) is 5.66. The van der Waals surface area contributed by atoms with Crippen LogP contribution in [0.5, 0.6) is 0 Å². The second kappa shape index (κ2) is 7.69. The molecule has 4 nitrogen and oxygen atoms in total. The predicted molar refractivity (Wildman–Crippen MR) is 88.8 cm³/mol. The van der Waals surface area contributed by atoms with Crippen molar-refractivity contribution in [2.45, 2.75) is 46.0 Å². The number of nitrogens with zero attached hydrogens (tertiary/aromatic N) is 3. The van der Waals surface area contributed by atoms with Crippen molar-refractivity contribution in [2.24, 2.45) is 0 Å². The largest absolute Gasteiger partial charge is 0.440 e. The Morgan fingerprint density at radius 3 is 2.36 bits per heavy atom. The molecule has 1 atom stereocenters. The fraction of sp³-hybridized carbons (Fsp3) is 0.389. The van der Waals surface area contributed by atoms with Crippen LogP contribution in [0.15, 0.2) is 47.1 Å². The molecule has 116 valence electrons. The predicted octanol–water partition coefficient (Wildman–Crippen LogP) is 4.94. The lowest BCUT2D eigenvalue weighted by atomic mass is 10.1. The number of hydrogen-bond donors (Lipinski definition) is 0. The van der Waals surface area contributed by atoms with Gasteiger partial charge >= 0.3 is 0 Å². The minimum atomic E-state index is 0.410.